The van der Waals surface area contributed by atoms with Crippen molar-refractivity contribution in [3.63, 3.8) is 0 Å². The molecule has 5 rings (SSSR count). The Hall–Kier alpha value is -3.27. The predicted octanol–water partition coefficient (Wildman–Crippen LogP) is 4.61. The Morgan fingerprint density at radius 1 is 0.974 bits per heavy atom. The zero-order valence-corrected chi connectivity index (χ0v) is 23.2. The van der Waals surface area contributed by atoms with E-state index in [4.69, 9.17) is 14.2 Å². The number of carbonyl (C=O) groups is 3. The number of piperidine rings is 2. The van der Waals surface area contributed by atoms with Crippen molar-refractivity contribution >= 4 is 39.5 Å². The largest absolute Gasteiger partial charge is 0.496 e. The summed E-state index contributed by atoms with van der Waals surface area (Å²) < 4.78 is 17.9. The second kappa shape index (κ2) is 11.2. The normalized spacial score (nSPS) is 18.6. The molecule has 0 radical (unpaired) electrons. The summed E-state index contributed by atoms with van der Waals surface area (Å²) in [5.74, 6) is 1.02. The van der Waals surface area contributed by atoms with Crippen molar-refractivity contribution in [3.8, 4) is 11.5 Å². The van der Waals surface area contributed by atoms with Gasteiger partial charge < -0.3 is 24.0 Å². The van der Waals surface area contributed by atoms with E-state index in [2.05, 4.69) is 15.9 Å². The van der Waals surface area contributed by atoms with E-state index in [1.54, 1.807) is 36.0 Å². The third kappa shape index (κ3) is 5.32. The Kier molecular flexibility index (Phi) is 7.78. The lowest BCUT2D eigenvalue weighted by atomic mass is 10.00. The fraction of sp³-hybridized carbons (Fsp3) is 0.464. The third-order valence-corrected chi connectivity index (χ3v) is 8.20. The quantitative estimate of drug-likeness (QED) is 0.509. The Morgan fingerprint density at radius 2 is 1.66 bits per heavy atom. The summed E-state index contributed by atoms with van der Waals surface area (Å²) in [6.07, 6.45) is 2.45. The number of rotatable bonds is 5. The first-order valence-corrected chi connectivity index (χ1v) is 13.8. The van der Waals surface area contributed by atoms with Crippen molar-refractivity contribution < 1.29 is 28.6 Å². The first kappa shape index (κ1) is 26.3. The van der Waals surface area contributed by atoms with Crippen LogP contribution in [0.2, 0.25) is 0 Å². The maximum absolute atomic E-state index is 13.5. The maximum Gasteiger partial charge on any atom is 0.414 e. The zero-order valence-electron chi connectivity index (χ0n) is 21.7. The Bertz CT molecular complexity index is 1220. The van der Waals surface area contributed by atoms with Crippen LogP contribution < -0.4 is 14.4 Å². The summed E-state index contributed by atoms with van der Waals surface area (Å²) in [5, 5.41) is 0. The number of hydrogen-bond donors (Lipinski definition) is 0. The Labute approximate surface area is 230 Å². The van der Waals surface area contributed by atoms with E-state index < -0.39 is 0 Å². The number of cyclic esters (lactones) is 1. The van der Waals surface area contributed by atoms with Crippen LogP contribution in [0.5, 0.6) is 11.5 Å². The van der Waals surface area contributed by atoms with Gasteiger partial charge in [0, 0.05) is 63.6 Å². The first-order valence-electron chi connectivity index (χ1n) is 13.0. The summed E-state index contributed by atoms with van der Waals surface area (Å²) >= 11 is 3.57. The summed E-state index contributed by atoms with van der Waals surface area (Å²) in [5.41, 5.74) is 2.34. The maximum atomic E-state index is 13.5. The van der Waals surface area contributed by atoms with Gasteiger partial charge >= 0.3 is 6.09 Å². The van der Waals surface area contributed by atoms with E-state index in [0.717, 1.165) is 24.1 Å². The molecule has 0 spiro atoms. The highest BCUT2D eigenvalue weighted by Gasteiger charge is 2.35. The molecule has 2 fully saturated rings. The molecule has 9 nitrogen and oxygen atoms in total. The molecule has 0 aromatic heterocycles. The molecule has 38 heavy (non-hydrogen) atoms. The minimum atomic E-state index is -0.332. The third-order valence-electron chi connectivity index (χ3n) is 7.58. The molecule has 2 aromatic rings. The zero-order chi connectivity index (χ0) is 26.8. The SMILES string of the molecule is COc1cc(OC2CCN(C(C)=O)CC2)c(Br)cc1C(=O)N1CCC(N2C(=O)OCc3ccccc32)CC1. The van der Waals surface area contributed by atoms with E-state index in [0.29, 0.717) is 60.6 Å². The summed E-state index contributed by atoms with van der Waals surface area (Å²) in [6, 6.07) is 11.3. The van der Waals surface area contributed by atoms with E-state index >= 15 is 0 Å². The number of likely N-dealkylation sites (tertiary alicyclic amines) is 2. The molecule has 0 atom stereocenters. The molecule has 0 N–H and O–H groups in total. The Balaban J connectivity index is 1.25. The monoisotopic (exact) mass is 585 g/mol. The van der Waals surface area contributed by atoms with Crippen LogP contribution in [0.3, 0.4) is 0 Å². The van der Waals surface area contributed by atoms with E-state index in [1.807, 2.05) is 29.2 Å². The molecule has 0 unspecified atom stereocenters. The Morgan fingerprint density at radius 3 is 2.34 bits per heavy atom. The molecule has 0 aliphatic carbocycles. The number of methoxy groups -OCH3 is 1. The number of para-hydroxylation sites is 1. The van der Waals surface area contributed by atoms with Gasteiger partial charge in [0.1, 0.15) is 24.2 Å². The minimum Gasteiger partial charge on any atom is -0.496 e. The van der Waals surface area contributed by atoms with Gasteiger partial charge in [-0.3, -0.25) is 14.5 Å². The van der Waals surface area contributed by atoms with Crippen molar-refractivity contribution in [2.24, 2.45) is 0 Å². The molecule has 0 bridgehead atoms. The van der Waals surface area contributed by atoms with Crippen LogP contribution in [0.15, 0.2) is 40.9 Å². The predicted molar refractivity (Wildman–Crippen MR) is 145 cm³/mol. The number of hydrogen-bond acceptors (Lipinski definition) is 6. The average Bonchev–Trinajstić information content (AvgIpc) is 2.94. The highest BCUT2D eigenvalue weighted by atomic mass is 79.9. The molecule has 202 valence electrons. The highest BCUT2D eigenvalue weighted by Crippen LogP contribution is 2.37. The summed E-state index contributed by atoms with van der Waals surface area (Å²) in [4.78, 5) is 43.1. The molecule has 10 heteroatoms. The lowest BCUT2D eigenvalue weighted by molar-refractivity contribution is -0.130. The lowest BCUT2D eigenvalue weighted by Gasteiger charge is -2.40. The molecular formula is C28H32BrN3O6. The van der Waals surface area contributed by atoms with Crippen LogP contribution in [0.1, 0.15) is 48.5 Å². The van der Waals surface area contributed by atoms with Gasteiger partial charge in [-0.25, -0.2) is 4.79 Å². The summed E-state index contributed by atoms with van der Waals surface area (Å²) in [6.45, 7) is 4.24. The molecule has 3 aliphatic rings. The van der Waals surface area contributed by atoms with Gasteiger partial charge in [-0.2, -0.15) is 0 Å². The molecule has 2 saturated heterocycles. The fourth-order valence-corrected chi connectivity index (χ4v) is 5.88. The van der Waals surface area contributed by atoms with Crippen LogP contribution in [-0.4, -0.2) is 73.1 Å². The number of anilines is 1. The second-order valence-corrected chi connectivity index (χ2v) is 10.7. The van der Waals surface area contributed by atoms with Crippen molar-refractivity contribution in [2.45, 2.75) is 51.4 Å². The highest BCUT2D eigenvalue weighted by molar-refractivity contribution is 9.10. The molecule has 3 aliphatic heterocycles. The number of carbonyl (C=O) groups excluding carboxylic acids is 3. The van der Waals surface area contributed by atoms with Crippen LogP contribution in [0, 0.1) is 0 Å². The van der Waals surface area contributed by atoms with Crippen molar-refractivity contribution in [1.82, 2.24) is 9.80 Å². The van der Waals surface area contributed by atoms with Gasteiger partial charge in [-0.05, 0) is 40.9 Å². The minimum absolute atomic E-state index is 0.0150. The van der Waals surface area contributed by atoms with Crippen LogP contribution in [-0.2, 0) is 16.1 Å². The number of nitrogens with zero attached hydrogens (tertiary/aromatic N) is 3. The second-order valence-electron chi connectivity index (χ2n) is 9.88. The lowest BCUT2D eigenvalue weighted by Crippen LogP contribution is -2.50. The molecule has 3 amide bonds. The number of ether oxygens (including phenoxy) is 3. The van der Waals surface area contributed by atoms with Crippen molar-refractivity contribution in [2.75, 3.05) is 38.2 Å². The van der Waals surface area contributed by atoms with Gasteiger partial charge in [-0.1, -0.05) is 18.2 Å². The fourth-order valence-electron chi connectivity index (χ4n) is 5.45. The smallest absolute Gasteiger partial charge is 0.414 e. The van der Waals surface area contributed by atoms with Gasteiger partial charge in [0.25, 0.3) is 5.91 Å². The molecule has 0 saturated carbocycles. The number of benzene rings is 2. The molecular weight excluding hydrogens is 554 g/mol. The van der Waals surface area contributed by atoms with Crippen LogP contribution in [0.25, 0.3) is 0 Å². The van der Waals surface area contributed by atoms with E-state index in [-0.39, 0.29) is 36.7 Å². The summed E-state index contributed by atoms with van der Waals surface area (Å²) in [7, 11) is 1.54. The van der Waals surface area contributed by atoms with Gasteiger partial charge in [0.05, 0.1) is 22.8 Å². The first-order chi connectivity index (χ1) is 18.4. The van der Waals surface area contributed by atoms with Gasteiger partial charge in [0.2, 0.25) is 5.91 Å². The number of amides is 3. The molecule has 2 aromatic carbocycles. The number of halogens is 1. The van der Waals surface area contributed by atoms with Crippen molar-refractivity contribution in [3.05, 3.63) is 52.0 Å². The van der Waals surface area contributed by atoms with Crippen molar-refractivity contribution in [1.29, 1.82) is 0 Å². The van der Waals surface area contributed by atoms with E-state index in [1.165, 1.54) is 0 Å². The average molecular weight is 586 g/mol. The van der Waals surface area contributed by atoms with Crippen LogP contribution in [0.4, 0.5) is 10.5 Å². The topological polar surface area (TPSA) is 88.6 Å². The molecule has 3 heterocycles. The van der Waals surface area contributed by atoms with Gasteiger partial charge in [-0.15, -0.1) is 0 Å². The van der Waals surface area contributed by atoms with Gasteiger partial charge in [0.15, 0.2) is 0 Å². The van der Waals surface area contributed by atoms with Crippen LogP contribution >= 0.6 is 15.9 Å². The number of fused-ring (bicyclic) bond motifs is 1. The van der Waals surface area contributed by atoms with E-state index in [9.17, 15) is 14.4 Å². The standard InChI is InChI=1S/C28H32BrN3O6/c1-18(33)30-13-9-21(10-14-30)38-26-16-25(36-2)22(15-23(26)29)27(34)31-11-7-20(8-12-31)32-24-6-4-3-5-19(24)17-37-28(32)35/h3-6,15-16,20-21H,7-14,17H2,1-2H3.